The fraction of sp³-hybridized carbons (Fsp3) is 0.333. The average molecular weight is 322 g/mol. The van der Waals surface area contributed by atoms with Crippen LogP contribution >= 0.6 is 0 Å². The molecule has 0 aliphatic rings. The smallest absolute Gasteiger partial charge is 0.221 e. The van der Waals surface area contributed by atoms with Crippen molar-refractivity contribution in [2.45, 2.75) is 12.8 Å². The molecule has 118 valence electrons. The highest BCUT2D eigenvalue weighted by atomic mass is 32.2. The highest BCUT2D eigenvalue weighted by Crippen LogP contribution is 2.19. The molecule has 0 saturated carbocycles. The minimum Gasteiger partial charge on any atom is -0.356 e. The number of benzene rings is 1. The van der Waals surface area contributed by atoms with E-state index < -0.39 is 9.84 Å². The lowest BCUT2D eigenvalue weighted by atomic mass is 10.1. The maximum atomic E-state index is 11.5. The summed E-state index contributed by atoms with van der Waals surface area (Å²) in [4.78, 5) is 11.5. The topological polar surface area (TPSA) is 89.3 Å². The zero-order valence-electron chi connectivity index (χ0n) is 12.3. The monoisotopic (exact) mass is 322 g/mol. The third kappa shape index (κ3) is 5.33. The van der Waals surface area contributed by atoms with Crippen LogP contribution in [0.5, 0.6) is 0 Å². The Morgan fingerprint density at radius 2 is 2.00 bits per heavy atom. The van der Waals surface area contributed by atoms with E-state index in [2.05, 4.69) is 10.5 Å². The van der Waals surface area contributed by atoms with Gasteiger partial charge in [-0.2, -0.15) is 0 Å². The minimum atomic E-state index is -3.11. The minimum absolute atomic E-state index is 0.0209. The molecular formula is C15H18N2O4S. The van der Waals surface area contributed by atoms with Gasteiger partial charge in [-0.1, -0.05) is 35.5 Å². The Kier molecular flexibility index (Phi) is 5.32. The van der Waals surface area contributed by atoms with Gasteiger partial charge in [-0.05, 0) is 0 Å². The first-order valence-electron chi connectivity index (χ1n) is 6.89. The molecule has 0 unspecified atom stereocenters. The molecule has 2 rings (SSSR count). The average Bonchev–Trinajstić information content (AvgIpc) is 2.94. The SMILES string of the molecule is CS(=O)(=O)CCC(=O)NCCc1cc(-c2ccccc2)on1. The summed E-state index contributed by atoms with van der Waals surface area (Å²) in [5.74, 6) is 0.261. The van der Waals surface area contributed by atoms with Gasteiger partial charge in [-0.15, -0.1) is 0 Å². The van der Waals surface area contributed by atoms with Crippen molar-refractivity contribution in [2.24, 2.45) is 0 Å². The van der Waals surface area contributed by atoms with Gasteiger partial charge >= 0.3 is 0 Å². The van der Waals surface area contributed by atoms with Crippen LogP contribution in [-0.4, -0.2) is 38.0 Å². The van der Waals surface area contributed by atoms with Crippen LogP contribution in [-0.2, 0) is 21.1 Å². The van der Waals surface area contributed by atoms with Crippen molar-refractivity contribution in [2.75, 3.05) is 18.6 Å². The summed E-state index contributed by atoms with van der Waals surface area (Å²) in [6, 6.07) is 11.4. The van der Waals surface area contributed by atoms with Crippen molar-refractivity contribution in [1.29, 1.82) is 0 Å². The number of carbonyl (C=O) groups excluding carboxylic acids is 1. The van der Waals surface area contributed by atoms with Gasteiger partial charge in [-0.3, -0.25) is 4.79 Å². The van der Waals surface area contributed by atoms with Crippen molar-refractivity contribution in [3.8, 4) is 11.3 Å². The van der Waals surface area contributed by atoms with Crippen molar-refractivity contribution < 1.29 is 17.7 Å². The lowest BCUT2D eigenvalue weighted by molar-refractivity contribution is -0.120. The Balaban J connectivity index is 1.78. The van der Waals surface area contributed by atoms with E-state index >= 15 is 0 Å². The quantitative estimate of drug-likeness (QED) is 0.833. The molecule has 0 bridgehead atoms. The number of amides is 1. The fourth-order valence-corrected chi connectivity index (χ4v) is 2.42. The summed E-state index contributed by atoms with van der Waals surface area (Å²) >= 11 is 0. The Labute approximate surface area is 129 Å². The lowest BCUT2D eigenvalue weighted by Crippen LogP contribution is -2.27. The Morgan fingerprint density at radius 1 is 1.27 bits per heavy atom. The third-order valence-corrected chi connectivity index (χ3v) is 3.97. The normalized spacial score (nSPS) is 11.3. The summed E-state index contributed by atoms with van der Waals surface area (Å²) in [5, 5.41) is 6.62. The van der Waals surface area contributed by atoms with Gasteiger partial charge in [0.15, 0.2) is 5.76 Å². The van der Waals surface area contributed by atoms with Crippen LogP contribution in [0.25, 0.3) is 11.3 Å². The molecule has 7 heteroatoms. The maximum Gasteiger partial charge on any atom is 0.221 e. The Hall–Kier alpha value is -2.15. The van der Waals surface area contributed by atoms with Crippen LogP contribution in [0.15, 0.2) is 40.9 Å². The zero-order valence-corrected chi connectivity index (χ0v) is 13.1. The predicted molar refractivity (Wildman–Crippen MR) is 83.0 cm³/mol. The summed E-state index contributed by atoms with van der Waals surface area (Å²) < 4.78 is 27.2. The molecule has 2 aromatic rings. The molecule has 1 heterocycles. The second-order valence-corrected chi connectivity index (χ2v) is 7.29. The number of hydrogen-bond donors (Lipinski definition) is 1. The maximum absolute atomic E-state index is 11.5. The molecule has 1 N–H and O–H groups in total. The van der Waals surface area contributed by atoms with E-state index in [1.54, 1.807) is 0 Å². The molecule has 0 fully saturated rings. The third-order valence-electron chi connectivity index (χ3n) is 3.02. The number of aromatic nitrogens is 1. The number of nitrogens with zero attached hydrogens (tertiary/aromatic N) is 1. The molecule has 0 spiro atoms. The van der Waals surface area contributed by atoms with Crippen molar-refractivity contribution in [3.05, 3.63) is 42.1 Å². The van der Waals surface area contributed by atoms with Crippen LogP contribution in [0.3, 0.4) is 0 Å². The number of nitrogens with one attached hydrogen (secondary N) is 1. The molecule has 0 radical (unpaired) electrons. The van der Waals surface area contributed by atoms with Gasteiger partial charge < -0.3 is 9.84 Å². The number of sulfone groups is 1. The van der Waals surface area contributed by atoms with E-state index in [1.165, 1.54) is 0 Å². The van der Waals surface area contributed by atoms with Crippen molar-refractivity contribution in [1.82, 2.24) is 10.5 Å². The number of hydrogen-bond acceptors (Lipinski definition) is 5. The number of carbonyl (C=O) groups is 1. The van der Waals surface area contributed by atoms with Gasteiger partial charge in [0.2, 0.25) is 5.91 Å². The van der Waals surface area contributed by atoms with Crippen LogP contribution in [0.2, 0.25) is 0 Å². The highest BCUT2D eigenvalue weighted by Gasteiger charge is 2.09. The highest BCUT2D eigenvalue weighted by molar-refractivity contribution is 7.90. The molecule has 1 amide bonds. The molecule has 22 heavy (non-hydrogen) atoms. The second kappa shape index (κ2) is 7.22. The molecule has 0 atom stereocenters. The Morgan fingerprint density at radius 3 is 2.68 bits per heavy atom. The summed E-state index contributed by atoms with van der Waals surface area (Å²) in [6.07, 6.45) is 1.62. The van der Waals surface area contributed by atoms with E-state index in [9.17, 15) is 13.2 Å². The van der Waals surface area contributed by atoms with Gasteiger partial charge in [0.25, 0.3) is 0 Å². The molecular weight excluding hydrogens is 304 g/mol. The van der Waals surface area contributed by atoms with Crippen LogP contribution in [0, 0.1) is 0 Å². The lowest BCUT2D eigenvalue weighted by Gasteiger charge is -2.02. The van der Waals surface area contributed by atoms with E-state index in [0.717, 1.165) is 17.5 Å². The van der Waals surface area contributed by atoms with Crippen LogP contribution in [0.4, 0.5) is 0 Å². The first-order chi connectivity index (χ1) is 10.4. The molecule has 6 nitrogen and oxygen atoms in total. The van der Waals surface area contributed by atoms with E-state index in [0.29, 0.717) is 18.7 Å². The summed E-state index contributed by atoms with van der Waals surface area (Å²) in [7, 11) is -3.11. The largest absolute Gasteiger partial charge is 0.356 e. The fourth-order valence-electron chi connectivity index (χ4n) is 1.86. The van der Waals surface area contributed by atoms with E-state index in [-0.39, 0.29) is 18.1 Å². The van der Waals surface area contributed by atoms with Crippen LogP contribution in [0.1, 0.15) is 12.1 Å². The molecule has 0 saturated heterocycles. The molecule has 0 aliphatic heterocycles. The van der Waals surface area contributed by atoms with Gasteiger partial charge in [0.05, 0.1) is 11.4 Å². The molecule has 0 aliphatic carbocycles. The molecule has 1 aromatic carbocycles. The summed E-state index contributed by atoms with van der Waals surface area (Å²) in [6.45, 7) is 0.392. The van der Waals surface area contributed by atoms with E-state index in [1.807, 2.05) is 36.4 Å². The zero-order chi connectivity index (χ0) is 16.0. The van der Waals surface area contributed by atoms with Crippen molar-refractivity contribution in [3.63, 3.8) is 0 Å². The van der Waals surface area contributed by atoms with E-state index in [4.69, 9.17) is 4.52 Å². The Bertz CT molecular complexity index is 723. The predicted octanol–water partition coefficient (Wildman–Crippen LogP) is 1.44. The van der Waals surface area contributed by atoms with Crippen molar-refractivity contribution >= 4 is 15.7 Å². The first-order valence-corrected chi connectivity index (χ1v) is 8.95. The second-order valence-electron chi connectivity index (χ2n) is 5.03. The molecule has 1 aromatic heterocycles. The standard InChI is InChI=1S/C15H18N2O4S/c1-22(19,20)10-8-15(18)16-9-7-13-11-14(21-17-13)12-5-3-2-4-6-12/h2-6,11H,7-10H2,1H3,(H,16,18). The number of rotatable bonds is 7. The van der Waals surface area contributed by atoms with Crippen LogP contribution < -0.4 is 5.32 Å². The first kappa shape index (κ1) is 16.2. The van der Waals surface area contributed by atoms with Gasteiger partial charge in [0, 0.05) is 37.3 Å². The summed E-state index contributed by atoms with van der Waals surface area (Å²) in [5.41, 5.74) is 1.68. The van der Waals surface area contributed by atoms with Gasteiger partial charge in [-0.25, -0.2) is 8.42 Å². The van der Waals surface area contributed by atoms with Gasteiger partial charge in [0.1, 0.15) is 9.84 Å².